The minimum Gasteiger partial charge on any atom is -0.492 e. The summed E-state index contributed by atoms with van der Waals surface area (Å²) in [6.45, 7) is 5.59. The van der Waals surface area contributed by atoms with E-state index in [0.717, 1.165) is 5.75 Å². The van der Waals surface area contributed by atoms with Gasteiger partial charge in [-0.3, -0.25) is 4.90 Å². The van der Waals surface area contributed by atoms with E-state index < -0.39 is 9.84 Å². The summed E-state index contributed by atoms with van der Waals surface area (Å²) < 4.78 is 28.8. The van der Waals surface area contributed by atoms with Crippen molar-refractivity contribution in [1.82, 2.24) is 4.90 Å². The highest BCUT2D eigenvalue weighted by molar-refractivity contribution is 7.91. The molecule has 1 aromatic carbocycles. The molecule has 0 aliphatic carbocycles. The molecule has 1 aromatic rings. The monoisotopic (exact) mass is 329 g/mol. The van der Waals surface area contributed by atoms with Crippen LogP contribution in [-0.4, -0.2) is 50.6 Å². The van der Waals surface area contributed by atoms with E-state index in [1.807, 2.05) is 12.1 Å². The van der Waals surface area contributed by atoms with Gasteiger partial charge in [0.2, 0.25) is 0 Å². The third-order valence-corrected chi connectivity index (χ3v) is 5.55. The molecule has 116 valence electrons. The van der Waals surface area contributed by atoms with Crippen LogP contribution in [0.2, 0.25) is 5.02 Å². The van der Waals surface area contributed by atoms with Gasteiger partial charge in [-0.25, -0.2) is 8.42 Å². The fraction of sp³-hybridized carbons (Fsp3) is 0.467. The summed E-state index contributed by atoms with van der Waals surface area (Å²) in [7, 11) is -2.87. The summed E-state index contributed by atoms with van der Waals surface area (Å²) >= 11 is 5.82. The van der Waals surface area contributed by atoms with Crippen molar-refractivity contribution in [3.05, 3.63) is 41.9 Å². The third-order valence-electron chi connectivity index (χ3n) is 3.55. The number of hydrogen-bond donors (Lipinski definition) is 0. The molecule has 1 fully saturated rings. The molecule has 0 radical (unpaired) electrons. The van der Waals surface area contributed by atoms with Gasteiger partial charge < -0.3 is 4.74 Å². The molecule has 1 saturated heterocycles. The number of hydrogen-bond acceptors (Lipinski definition) is 4. The van der Waals surface area contributed by atoms with Crippen LogP contribution < -0.4 is 4.74 Å². The maximum Gasteiger partial charge on any atom is 0.151 e. The summed E-state index contributed by atoms with van der Waals surface area (Å²) in [5, 5.41) is 0.673. The maximum absolute atomic E-state index is 11.6. The van der Waals surface area contributed by atoms with E-state index >= 15 is 0 Å². The average Bonchev–Trinajstić information content (AvgIpc) is 2.80. The Balaban J connectivity index is 1.85. The number of rotatable bonds is 7. The first-order chi connectivity index (χ1) is 10.00. The number of ether oxygens (including phenoxy) is 1. The fourth-order valence-corrected chi connectivity index (χ4v) is 4.35. The number of nitrogens with zero attached hydrogens (tertiary/aromatic N) is 1. The first-order valence-electron chi connectivity index (χ1n) is 6.94. The topological polar surface area (TPSA) is 46.6 Å². The van der Waals surface area contributed by atoms with Crippen LogP contribution in [0.1, 0.15) is 6.42 Å². The van der Waals surface area contributed by atoms with Crippen LogP contribution in [0, 0.1) is 0 Å². The second kappa shape index (κ2) is 7.29. The molecule has 2 rings (SSSR count). The number of benzene rings is 1. The van der Waals surface area contributed by atoms with E-state index in [0.29, 0.717) is 31.1 Å². The Bertz CT molecular complexity index is 571. The van der Waals surface area contributed by atoms with Crippen LogP contribution in [0.3, 0.4) is 0 Å². The van der Waals surface area contributed by atoms with E-state index in [2.05, 4.69) is 11.5 Å². The van der Waals surface area contributed by atoms with Crippen molar-refractivity contribution in [1.29, 1.82) is 0 Å². The maximum atomic E-state index is 11.6. The Morgan fingerprint density at radius 2 is 2.10 bits per heavy atom. The average molecular weight is 330 g/mol. The van der Waals surface area contributed by atoms with Gasteiger partial charge in [0, 0.05) is 24.2 Å². The van der Waals surface area contributed by atoms with Crippen molar-refractivity contribution in [2.45, 2.75) is 12.5 Å². The fourth-order valence-electron chi connectivity index (χ4n) is 2.46. The van der Waals surface area contributed by atoms with Gasteiger partial charge in [-0.05, 0) is 30.7 Å². The first kappa shape index (κ1) is 16.3. The van der Waals surface area contributed by atoms with Gasteiger partial charge in [-0.15, -0.1) is 6.58 Å². The lowest BCUT2D eigenvalue weighted by Gasteiger charge is -2.26. The molecule has 1 aliphatic heterocycles. The van der Waals surface area contributed by atoms with Crippen LogP contribution in [0.25, 0.3) is 0 Å². The van der Waals surface area contributed by atoms with Crippen molar-refractivity contribution < 1.29 is 13.2 Å². The smallest absolute Gasteiger partial charge is 0.151 e. The van der Waals surface area contributed by atoms with E-state index in [-0.39, 0.29) is 17.5 Å². The van der Waals surface area contributed by atoms with Gasteiger partial charge in [-0.2, -0.15) is 0 Å². The summed E-state index contributed by atoms with van der Waals surface area (Å²) in [6.07, 6.45) is 2.49. The Kier molecular flexibility index (Phi) is 5.67. The summed E-state index contributed by atoms with van der Waals surface area (Å²) in [4.78, 5) is 2.12. The minimum absolute atomic E-state index is 0.0711. The van der Waals surface area contributed by atoms with E-state index in [4.69, 9.17) is 16.3 Å². The molecule has 1 heterocycles. The van der Waals surface area contributed by atoms with Crippen LogP contribution in [0.15, 0.2) is 36.9 Å². The van der Waals surface area contributed by atoms with Crippen molar-refractivity contribution in [2.24, 2.45) is 0 Å². The third kappa shape index (κ3) is 5.02. The lowest BCUT2D eigenvalue weighted by molar-refractivity contribution is 0.185. The van der Waals surface area contributed by atoms with Gasteiger partial charge in [-0.1, -0.05) is 17.7 Å². The predicted molar refractivity (Wildman–Crippen MR) is 85.8 cm³/mol. The molecule has 0 amide bonds. The quantitative estimate of drug-likeness (QED) is 0.721. The normalized spacial score (nSPS) is 20.6. The molecular weight excluding hydrogens is 310 g/mol. The predicted octanol–water partition coefficient (Wildman–Crippen LogP) is 2.39. The zero-order chi connectivity index (χ0) is 15.3. The summed E-state index contributed by atoms with van der Waals surface area (Å²) in [6, 6.07) is 7.27. The zero-order valence-corrected chi connectivity index (χ0v) is 13.4. The van der Waals surface area contributed by atoms with Crippen LogP contribution in [-0.2, 0) is 9.84 Å². The zero-order valence-electron chi connectivity index (χ0n) is 11.9. The molecule has 1 unspecified atom stereocenters. The van der Waals surface area contributed by atoms with Crippen LogP contribution in [0.5, 0.6) is 5.75 Å². The lowest BCUT2D eigenvalue weighted by Crippen LogP contribution is -2.39. The molecule has 0 N–H and O–H groups in total. The number of halogens is 1. The molecule has 0 spiro atoms. The molecule has 0 aromatic heterocycles. The summed E-state index contributed by atoms with van der Waals surface area (Å²) in [5.41, 5.74) is 0. The van der Waals surface area contributed by atoms with Gasteiger partial charge in [0.25, 0.3) is 0 Å². The summed E-state index contributed by atoms with van der Waals surface area (Å²) in [5.74, 6) is 1.28. The van der Waals surface area contributed by atoms with Crippen molar-refractivity contribution >= 4 is 21.4 Å². The first-order valence-corrected chi connectivity index (χ1v) is 9.14. The Morgan fingerprint density at radius 3 is 2.67 bits per heavy atom. The highest BCUT2D eigenvalue weighted by atomic mass is 35.5. The Morgan fingerprint density at radius 1 is 1.38 bits per heavy atom. The second-order valence-corrected chi connectivity index (χ2v) is 7.81. The van der Waals surface area contributed by atoms with Gasteiger partial charge in [0.15, 0.2) is 9.84 Å². The standard InChI is InChI=1S/C15H20ClNO3S/c1-2-8-17(14-7-11-21(18,19)12-14)9-10-20-15-5-3-13(16)4-6-15/h2-6,14H,1,7-12H2. The Labute approximate surface area is 131 Å². The van der Waals surface area contributed by atoms with Crippen molar-refractivity contribution in [3.63, 3.8) is 0 Å². The van der Waals surface area contributed by atoms with Crippen LogP contribution in [0.4, 0.5) is 0 Å². The molecular formula is C15H20ClNO3S. The molecule has 0 bridgehead atoms. The molecule has 21 heavy (non-hydrogen) atoms. The van der Waals surface area contributed by atoms with Crippen LogP contribution >= 0.6 is 11.6 Å². The van der Waals surface area contributed by atoms with Gasteiger partial charge >= 0.3 is 0 Å². The second-order valence-electron chi connectivity index (χ2n) is 5.14. The van der Waals surface area contributed by atoms with E-state index in [1.54, 1.807) is 18.2 Å². The highest BCUT2D eigenvalue weighted by Gasteiger charge is 2.31. The van der Waals surface area contributed by atoms with Gasteiger partial charge in [0.05, 0.1) is 11.5 Å². The Hall–Kier alpha value is -1.04. The molecule has 6 heteroatoms. The van der Waals surface area contributed by atoms with Crippen molar-refractivity contribution in [2.75, 3.05) is 31.2 Å². The molecule has 1 atom stereocenters. The number of sulfone groups is 1. The molecule has 0 saturated carbocycles. The largest absolute Gasteiger partial charge is 0.492 e. The minimum atomic E-state index is -2.87. The van der Waals surface area contributed by atoms with Gasteiger partial charge in [0.1, 0.15) is 12.4 Å². The highest BCUT2D eigenvalue weighted by Crippen LogP contribution is 2.18. The SMILES string of the molecule is C=CCN(CCOc1ccc(Cl)cc1)C1CCS(=O)(=O)C1. The van der Waals surface area contributed by atoms with E-state index in [1.165, 1.54) is 0 Å². The van der Waals surface area contributed by atoms with E-state index in [9.17, 15) is 8.42 Å². The molecule has 4 nitrogen and oxygen atoms in total. The van der Waals surface area contributed by atoms with Crippen molar-refractivity contribution in [3.8, 4) is 5.75 Å². The lowest BCUT2D eigenvalue weighted by atomic mass is 10.2. The molecule has 1 aliphatic rings.